The molecule has 0 saturated heterocycles. The first kappa shape index (κ1) is 20.2. The topological polar surface area (TPSA) is 80.6 Å². The van der Waals surface area contributed by atoms with Gasteiger partial charge in [-0.1, -0.05) is 48.5 Å². The van der Waals surface area contributed by atoms with E-state index in [9.17, 15) is 14.7 Å². The quantitative estimate of drug-likeness (QED) is 0.647. The van der Waals surface area contributed by atoms with Crippen molar-refractivity contribution in [3.8, 4) is 0 Å². The molecule has 2 heterocycles. The summed E-state index contributed by atoms with van der Waals surface area (Å²) in [5.41, 5.74) is 2.33. The molecule has 1 aromatic heterocycles. The van der Waals surface area contributed by atoms with Crippen molar-refractivity contribution in [2.45, 2.75) is 44.8 Å². The van der Waals surface area contributed by atoms with Gasteiger partial charge in [0.15, 0.2) is 0 Å². The molecule has 2 N–H and O–H groups in total. The number of nitrogens with one attached hydrogen (secondary N) is 1. The lowest BCUT2D eigenvalue weighted by Gasteiger charge is -2.28. The molecule has 0 fully saturated rings. The zero-order valence-corrected chi connectivity index (χ0v) is 17.4. The number of amides is 1. The third-order valence-corrected chi connectivity index (χ3v) is 5.31. The maximum Gasteiger partial charge on any atom is 0.419 e. The molecule has 0 saturated carbocycles. The van der Waals surface area contributed by atoms with Crippen molar-refractivity contribution < 1.29 is 19.4 Å². The Morgan fingerprint density at radius 3 is 2.47 bits per heavy atom. The number of aliphatic hydroxyl groups excluding tert-OH is 1. The Morgan fingerprint density at radius 2 is 1.77 bits per heavy atom. The van der Waals surface area contributed by atoms with Crippen molar-refractivity contribution >= 4 is 22.9 Å². The number of aliphatic hydroxyl groups is 1. The van der Waals surface area contributed by atoms with Crippen molar-refractivity contribution in [2.75, 3.05) is 6.54 Å². The van der Waals surface area contributed by atoms with E-state index in [-0.39, 0.29) is 0 Å². The summed E-state index contributed by atoms with van der Waals surface area (Å²) in [6.45, 7) is 5.83. The smallest absolute Gasteiger partial charge is 0.419 e. The molecule has 1 aliphatic rings. The monoisotopic (exact) mass is 406 g/mol. The highest BCUT2D eigenvalue weighted by Gasteiger charge is 2.38. The van der Waals surface area contributed by atoms with Gasteiger partial charge in [-0.3, -0.25) is 4.79 Å². The van der Waals surface area contributed by atoms with E-state index in [0.717, 1.165) is 16.5 Å². The van der Waals surface area contributed by atoms with Crippen molar-refractivity contribution in [3.05, 3.63) is 71.4 Å². The summed E-state index contributed by atoms with van der Waals surface area (Å²) >= 11 is 0. The number of hydrogen-bond donors (Lipinski definition) is 2. The molecule has 0 aliphatic carbocycles. The van der Waals surface area contributed by atoms with Crippen molar-refractivity contribution in [2.24, 2.45) is 0 Å². The van der Waals surface area contributed by atoms with Gasteiger partial charge in [-0.25, -0.2) is 9.36 Å². The van der Waals surface area contributed by atoms with Crippen LogP contribution in [0.3, 0.4) is 0 Å². The number of hydrogen-bond acceptors (Lipinski definition) is 4. The molecular formula is C24H26N2O4. The van der Waals surface area contributed by atoms with Crippen LogP contribution in [0.15, 0.2) is 54.6 Å². The van der Waals surface area contributed by atoms with E-state index in [1.807, 2.05) is 75.4 Å². The Bertz CT molecular complexity index is 1100. The molecule has 4 rings (SSSR count). The van der Waals surface area contributed by atoms with Crippen LogP contribution in [0.5, 0.6) is 0 Å². The first-order valence-corrected chi connectivity index (χ1v) is 10.1. The Labute approximate surface area is 175 Å². The van der Waals surface area contributed by atoms with Crippen LogP contribution in [0.4, 0.5) is 4.79 Å². The van der Waals surface area contributed by atoms with Gasteiger partial charge in [-0.05, 0) is 44.4 Å². The van der Waals surface area contributed by atoms with E-state index in [0.29, 0.717) is 24.2 Å². The van der Waals surface area contributed by atoms with E-state index in [4.69, 9.17) is 4.74 Å². The van der Waals surface area contributed by atoms with Crippen LogP contribution in [0, 0.1) is 0 Å². The van der Waals surface area contributed by atoms with E-state index < -0.39 is 29.6 Å². The lowest BCUT2D eigenvalue weighted by molar-refractivity contribution is -0.130. The second-order valence-corrected chi connectivity index (χ2v) is 8.57. The Kier molecular flexibility index (Phi) is 5.12. The van der Waals surface area contributed by atoms with Gasteiger partial charge in [-0.2, -0.15) is 0 Å². The molecule has 6 heteroatoms. The van der Waals surface area contributed by atoms with E-state index >= 15 is 0 Å². The molecule has 2 aromatic carbocycles. The van der Waals surface area contributed by atoms with E-state index in [1.54, 1.807) is 0 Å². The van der Waals surface area contributed by atoms with E-state index in [2.05, 4.69) is 5.32 Å². The summed E-state index contributed by atoms with van der Waals surface area (Å²) in [7, 11) is 0. The van der Waals surface area contributed by atoms with Gasteiger partial charge in [-0.15, -0.1) is 0 Å². The molecular weight excluding hydrogens is 380 g/mol. The molecule has 1 amide bonds. The third kappa shape index (κ3) is 3.59. The predicted octanol–water partition coefficient (Wildman–Crippen LogP) is 3.59. The van der Waals surface area contributed by atoms with Gasteiger partial charge in [0, 0.05) is 17.6 Å². The fraction of sp³-hybridized carbons (Fsp3) is 0.333. The summed E-state index contributed by atoms with van der Waals surface area (Å²) in [5, 5.41) is 14.8. The molecule has 0 spiro atoms. The molecule has 6 nitrogen and oxygen atoms in total. The van der Waals surface area contributed by atoms with Crippen LogP contribution < -0.4 is 5.32 Å². The van der Waals surface area contributed by atoms with Crippen molar-refractivity contribution in [3.63, 3.8) is 0 Å². The second-order valence-electron chi connectivity index (χ2n) is 8.57. The Morgan fingerprint density at radius 1 is 1.10 bits per heavy atom. The van der Waals surface area contributed by atoms with Gasteiger partial charge in [0.2, 0.25) is 5.91 Å². The number of ether oxygens (including phenoxy) is 1. The van der Waals surface area contributed by atoms with Gasteiger partial charge < -0.3 is 15.2 Å². The maximum atomic E-state index is 13.3. The minimum atomic E-state index is -1.34. The van der Waals surface area contributed by atoms with Crippen LogP contribution in [0.1, 0.15) is 43.5 Å². The number of benzene rings is 2. The fourth-order valence-corrected chi connectivity index (χ4v) is 4.14. The summed E-state index contributed by atoms with van der Waals surface area (Å²) in [6, 6.07) is 17.0. The van der Waals surface area contributed by atoms with Gasteiger partial charge in [0.1, 0.15) is 11.7 Å². The normalized spacial score (nSPS) is 19.5. The number of para-hydroxylation sites is 1. The van der Waals surface area contributed by atoms with Crippen molar-refractivity contribution in [1.29, 1.82) is 0 Å². The number of fused-ring (bicyclic) bond motifs is 3. The zero-order valence-electron chi connectivity index (χ0n) is 17.4. The number of aromatic nitrogens is 1. The average molecular weight is 406 g/mol. The van der Waals surface area contributed by atoms with Crippen LogP contribution in [-0.2, 0) is 16.0 Å². The minimum absolute atomic E-state index is 0.382. The number of carbonyl (C=O) groups excluding carboxylic acids is 2. The molecule has 0 unspecified atom stereocenters. The summed E-state index contributed by atoms with van der Waals surface area (Å²) in [6.07, 6.45) is -1.31. The Hall–Kier alpha value is -3.12. The largest absolute Gasteiger partial charge is 0.443 e. The fourth-order valence-electron chi connectivity index (χ4n) is 4.14. The lowest BCUT2D eigenvalue weighted by Crippen LogP contribution is -2.43. The average Bonchev–Trinajstić information content (AvgIpc) is 3.00. The highest BCUT2D eigenvalue weighted by atomic mass is 16.6. The number of carbonyl (C=O) groups is 2. The highest BCUT2D eigenvalue weighted by molar-refractivity contribution is 5.95. The van der Waals surface area contributed by atoms with Crippen molar-refractivity contribution in [1.82, 2.24) is 9.88 Å². The zero-order chi connectivity index (χ0) is 21.5. The molecule has 0 radical (unpaired) electrons. The molecule has 2 atom stereocenters. The van der Waals surface area contributed by atoms with Gasteiger partial charge >= 0.3 is 6.09 Å². The first-order valence-electron chi connectivity index (χ1n) is 10.1. The molecule has 0 bridgehead atoms. The molecule has 156 valence electrons. The second kappa shape index (κ2) is 7.61. The SMILES string of the molecule is CC(C)(C)OC(=O)n1c2c(c3ccccc31)CCNC(=O)[C@H](O)[C@H]2c1ccccc1. The Balaban J connectivity index is 2.04. The van der Waals surface area contributed by atoms with Gasteiger partial charge in [0.25, 0.3) is 0 Å². The number of nitrogens with zero attached hydrogens (tertiary/aromatic N) is 1. The summed E-state index contributed by atoms with van der Waals surface area (Å²) in [5.74, 6) is -1.16. The molecule has 30 heavy (non-hydrogen) atoms. The standard InChI is InChI=1S/C24H26N2O4/c1-24(2,3)30-23(29)26-18-12-8-7-11-16(18)17-13-14-25-22(28)21(27)19(20(17)26)15-9-5-4-6-10-15/h4-12,19,21,27H,13-14H2,1-3H3,(H,25,28)/t19-,21+/m0/s1. The third-order valence-electron chi connectivity index (χ3n) is 5.31. The summed E-state index contributed by atoms with van der Waals surface area (Å²) < 4.78 is 7.25. The maximum absolute atomic E-state index is 13.3. The molecule has 1 aliphatic heterocycles. The van der Waals surface area contributed by atoms with Crippen LogP contribution in [0.2, 0.25) is 0 Å². The highest BCUT2D eigenvalue weighted by Crippen LogP contribution is 2.38. The predicted molar refractivity (Wildman–Crippen MR) is 115 cm³/mol. The first-order chi connectivity index (χ1) is 14.3. The van der Waals surface area contributed by atoms with Crippen LogP contribution in [-0.4, -0.2) is 39.9 Å². The van der Waals surface area contributed by atoms with Crippen LogP contribution >= 0.6 is 0 Å². The number of rotatable bonds is 1. The van der Waals surface area contributed by atoms with Crippen LogP contribution in [0.25, 0.3) is 10.9 Å². The van der Waals surface area contributed by atoms with E-state index in [1.165, 1.54) is 4.57 Å². The molecule has 3 aromatic rings. The summed E-state index contributed by atoms with van der Waals surface area (Å²) in [4.78, 5) is 25.9. The minimum Gasteiger partial charge on any atom is -0.443 e. The lowest BCUT2D eigenvalue weighted by atomic mass is 9.85. The van der Waals surface area contributed by atoms with Gasteiger partial charge in [0.05, 0.1) is 11.4 Å².